The van der Waals surface area contributed by atoms with E-state index in [1.807, 2.05) is 50.2 Å². The van der Waals surface area contributed by atoms with Crippen LogP contribution in [0.2, 0.25) is 0 Å². The zero-order valence-corrected chi connectivity index (χ0v) is 17.8. The topological polar surface area (TPSA) is 77.5 Å². The van der Waals surface area contributed by atoms with E-state index in [0.29, 0.717) is 19.0 Å². The van der Waals surface area contributed by atoms with Crippen LogP contribution in [0.1, 0.15) is 37.8 Å². The van der Waals surface area contributed by atoms with E-state index in [4.69, 9.17) is 0 Å². The highest BCUT2D eigenvalue weighted by molar-refractivity contribution is 5.89. The number of guanidine groups is 1. The third-order valence-electron chi connectivity index (χ3n) is 5.21. The summed E-state index contributed by atoms with van der Waals surface area (Å²) in [5, 5.41) is 12.2. The quantitative estimate of drug-likeness (QED) is 0.414. The smallest absolute Gasteiger partial charge is 0.319 e. The van der Waals surface area contributed by atoms with Crippen molar-refractivity contribution < 1.29 is 9.18 Å². The minimum Gasteiger partial charge on any atom is -0.356 e. The zero-order chi connectivity index (χ0) is 21.6. The van der Waals surface area contributed by atoms with E-state index in [1.54, 1.807) is 13.1 Å². The highest BCUT2D eigenvalue weighted by Gasteiger charge is 2.45. The largest absolute Gasteiger partial charge is 0.356 e. The lowest BCUT2D eigenvalue weighted by Gasteiger charge is -2.19. The highest BCUT2D eigenvalue weighted by atomic mass is 19.1. The van der Waals surface area contributed by atoms with Gasteiger partial charge in [0.25, 0.3) is 0 Å². The second-order valence-corrected chi connectivity index (χ2v) is 7.99. The number of nitrogens with zero attached hydrogens (tertiary/aromatic N) is 1. The standard InChI is InChI=1S/C23H30FN5O/c1-16(2)28-22(30)29-18-10-8-17(9-11-18)14-26-21(25-3)27-15-23(12-13-23)19-6-4-5-7-20(19)24/h4-11,16H,12-15H2,1-3H3,(H2,25,26,27)(H2,28,29,30). The number of carbonyl (C=O) groups is 1. The molecule has 30 heavy (non-hydrogen) atoms. The molecule has 1 saturated carbocycles. The Morgan fingerprint density at radius 3 is 2.40 bits per heavy atom. The highest BCUT2D eigenvalue weighted by Crippen LogP contribution is 2.48. The Labute approximate surface area is 177 Å². The molecule has 2 aromatic rings. The van der Waals surface area contributed by atoms with Crippen molar-refractivity contribution in [3.05, 3.63) is 65.5 Å². The summed E-state index contributed by atoms with van der Waals surface area (Å²) in [6.07, 6.45) is 1.94. The molecule has 2 aromatic carbocycles. The van der Waals surface area contributed by atoms with Gasteiger partial charge in [0, 0.05) is 37.3 Å². The summed E-state index contributed by atoms with van der Waals surface area (Å²) in [6.45, 7) is 5.06. The van der Waals surface area contributed by atoms with Gasteiger partial charge in [-0.1, -0.05) is 30.3 Å². The molecule has 0 aromatic heterocycles. The zero-order valence-electron chi connectivity index (χ0n) is 17.8. The fraction of sp³-hybridized carbons (Fsp3) is 0.391. The SMILES string of the molecule is CN=C(NCc1ccc(NC(=O)NC(C)C)cc1)NCC1(c2ccccc2F)CC1. The molecule has 6 nitrogen and oxygen atoms in total. The van der Waals surface area contributed by atoms with E-state index < -0.39 is 0 Å². The van der Waals surface area contributed by atoms with Crippen LogP contribution in [0, 0.1) is 5.82 Å². The van der Waals surface area contributed by atoms with Gasteiger partial charge < -0.3 is 21.3 Å². The molecule has 3 rings (SSSR count). The van der Waals surface area contributed by atoms with Gasteiger partial charge in [-0.2, -0.15) is 0 Å². The minimum atomic E-state index is -0.218. The Kier molecular flexibility index (Phi) is 6.92. The van der Waals surface area contributed by atoms with E-state index in [-0.39, 0.29) is 23.3 Å². The summed E-state index contributed by atoms with van der Waals surface area (Å²) >= 11 is 0. The first-order valence-corrected chi connectivity index (χ1v) is 10.3. The summed E-state index contributed by atoms with van der Waals surface area (Å²) in [4.78, 5) is 16.0. The van der Waals surface area contributed by atoms with Crippen LogP contribution in [0.3, 0.4) is 0 Å². The lowest BCUT2D eigenvalue weighted by molar-refractivity contribution is 0.250. The van der Waals surface area contributed by atoms with E-state index in [0.717, 1.165) is 29.7 Å². The van der Waals surface area contributed by atoms with Gasteiger partial charge in [-0.3, -0.25) is 4.99 Å². The van der Waals surface area contributed by atoms with Crippen molar-refractivity contribution in [2.45, 2.75) is 44.7 Å². The second-order valence-electron chi connectivity index (χ2n) is 7.99. The second kappa shape index (κ2) is 9.61. The third-order valence-corrected chi connectivity index (χ3v) is 5.21. The van der Waals surface area contributed by atoms with Crippen LogP contribution in [-0.2, 0) is 12.0 Å². The molecular weight excluding hydrogens is 381 g/mol. The first kappa shape index (κ1) is 21.6. The first-order chi connectivity index (χ1) is 14.4. The number of urea groups is 1. The number of amides is 2. The number of hydrogen-bond acceptors (Lipinski definition) is 2. The Balaban J connectivity index is 1.49. The van der Waals surface area contributed by atoms with Crippen molar-refractivity contribution in [3.63, 3.8) is 0 Å². The van der Waals surface area contributed by atoms with Crippen LogP contribution in [0.5, 0.6) is 0 Å². The molecule has 0 atom stereocenters. The third kappa shape index (κ3) is 5.72. The molecule has 0 aliphatic heterocycles. The van der Waals surface area contributed by atoms with Crippen molar-refractivity contribution in [2.75, 3.05) is 18.9 Å². The van der Waals surface area contributed by atoms with Gasteiger partial charge in [-0.15, -0.1) is 0 Å². The van der Waals surface area contributed by atoms with Crippen LogP contribution in [-0.4, -0.2) is 31.6 Å². The maximum Gasteiger partial charge on any atom is 0.319 e. The molecule has 0 unspecified atom stereocenters. The predicted molar refractivity (Wildman–Crippen MR) is 119 cm³/mol. The molecule has 0 bridgehead atoms. The Morgan fingerprint density at radius 1 is 1.10 bits per heavy atom. The molecule has 1 aliphatic carbocycles. The van der Waals surface area contributed by atoms with E-state index in [2.05, 4.69) is 26.3 Å². The van der Waals surface area contributed by atoms with Crippen molar-refractivity contribution >= 4 is 17.7 Å². The number of rotatable bonds is 7. The van der Waals surface area contributed by atoms with E-state index >= 15 is 0 Å². The summed E-state index contributed by atoms with van der Waals surface area (Å²) in [5.74, 6) is 0.534. The molecule has 160 valence electrons. The van der Waals surface area contributed by atoms with Crippen molar-refractivity contribution in [1.82, 2.24) is 16.0 Å². The number of benzene rings is 2. The maximum atomic E-state index is 14.2. The molecule has 7 heteroatoms. The number of halogens is 1. The number of aliphatic imine (C=N–C) groups is 1. The fourth-order valence-corrected chi connectivity index (χ4v) is 3.38. The van der Waals surface area contributed by atoms with Crippen molar-refractivity contribution in [3.8, 4) is 0 Å². The number of anilines is 1. The maximum absolute atomic E-state index is 14.2. The average molecular weight is 412 g/mol. The number of hydrogen-bond donors (Lipinski definition) is 4. The van der Waals surface area contributed by atoms with Crippen LogP contribution in [0.25, 0.3) is 0 Å². The summed E-state index contributed by atoms with van der Waals surface area (Å²) in [7, 11) is 1.72. The Bertz CT molecular complexity index is 891. The van der Waals surface area contributed by atoms with Crippen LogP contribution >= 0.6 is 0 Å². The molecule has 0 spiro atoms. The molecule has 0 heterocycles. The fourth-order valence-electron chi connectivity index (χ4n) is 3.38. The Morgan fingerprint density at radius 2 is 1.80 bits per heavy atom. The first-order valence-electron chi connectivity index (χ1n) is 10.3. The minimum absolute atomic E-state index is 0.0842. The monoisotopic (exact) mass is 411 g/mol. The van der Waals surface area contributed by atoms with Crippen LogP contribution in [0.15, 0.2) is 53.5 Å². The van der Waals surface area contributed by atoms with Gasteiger partial charge in [0.15, 0.2) is 5.96 Å². The van der Waals surface area contributed by atoms with Gasteiger partial charge in [0.1, 0.15) is 5.82 Å². The van der Waals surface area contributed by atoms with Crippen molar-refractivity contribution in [2.24, 2.45) is 4.99 Å². The lowest BCUT2D eigenvalue weighted by atomic mass is 9.95. The van der Waals surface area contributed by atoms with E-state index in [1.165, 1.54) is 6.07 Å². The van der Waals surface area contributed by atoms with Crippen LogP contribution < -0.4 is 21.3 Å². The van der Waals surface area contributed by atoms with Crippen molar-refractivity contribution in [1.29, 1.82) is 0 Å². The normalized spacial score (nSPS) is 14.9. The number of carbonyl (C=O) groups excluding carboxylic acids is 1. The molecule has 4 N–H and O–H groups in total. The van der Waals surface area contributed by atoms with Gasteiger partial charge in [0.2, 0.25) is 0 Å². The van der Waals surface area contributed by atoms with Gasteiger partial charge in [0.05, 0.1) is 0 Å². The molecule has 0 radical (unpaired) electrons. The lowest BCUT2D eigenvalue weighted by Crippen LogP contribution is -2.41. The molecule has 2 amide bonds. The van der Waals surface area contributed by atoms with E-state index in [9.17, 15) is 9.18 Å². The molecular formula is C23H30FN5O. The van der Waals surface area contributed by atoms with Gasteiger partial charge in [-0.25, -0.2) is 9.18 Å². The van der Waals surface area contributed by atoms with Gasteiger partial charge in [-0.05, 0) is 56.0 Å². The molecule has 1 fully saturated rings. The molecule has 1 aliphatic rings. The summed E-state index contributed by atoms with van der Waals surface area (Å²) < 4.78 is 14.2. The summed E-state index contributed by atoms with van der Waals surface area (Å²) in [6, 6.07) is 14.5. The predicted octanol–water partition coefficient (Wildman–Crippen LogP) is 3.75. The Hall–Kier alpha value is -3.09. The average Bonchev–Trinajstić information content (AvgIpc) is 3.50. The number of nitrogens with one attached hydrogen (secondary N) is 4. The molecule has 0 saturated heterocycles. The van der Waals surface area contributed by atoms with Crippen LogP contribution in [0.4, 0.5) is 14.9 Å². The van der Waals surface area contributed by atoms with Gasteiger partial charge >= 0.3 is 6.03 Å². The summed E-state index contributed by atoms with van der Waals surface area (Å²) in [5.41, 5.74) is 2.42.